The normalized spacial score (nSPS) is 15.7. The predicted molar refractivity (Wildman–Crippen MR) is 106 cm³/mol. The first-order valence-corrected chi connectivity index (χ1v) is 8.65. The molecular weight excluding hydrogens is 407 g/mol. The van der Waals surface area contributed by atoms with Gasteiger partial charge in [0, 0.05) is 32.2 Å². The molecule has 0 aliphatic heterocycles. The van der Waals surface area contributed by atoms with E-state index in [0.29, 0.717) is 38.8 Å². The Bertz CT molecular complexity index is 334. The summed E-state index contributed by atoms with van der Waals surface area (Å²) in [4.78, 5) is 16.3. The second-order valence-electron chi connectivity index (χ2n) is 5.54. The lowest BCUT2D eigenvalue weighted by Crippen LogP contribution is -2.41. The molecule has 136 valence electrons. The monoisotopic (exact) mass is 440 g/mol. The number of carbonyl (C=O) groups excluding carboxylic acids is 1. The Balaban J connectivity index is 0.00000484. The molecule has 23 heavy (non-hydrogen) atoms. The van der Waals surface area contributed by atoms with Crippen LogP contribution in [0.5, 0.6) is 0 Å². The fourth-order valence-electron chi connectivity index (χ4n) is 2.55. The molecule has 1 aliphatic carbocycles. The first kappa shape index (κ1) is 22.4. The fraction of sp³-hybridized carbons (Fsp3) is 0.875. The van der Waals surface area contributed by atoms with E-state index < -0.39 is 0 Å². The zero-order valence-electron chi connectivity index (χ0n) is 14.5. The van der Waals surface area contributed by atoms with Crippen LogP contribution in [0.2, 0.25) is 0 Å². The molecule has 3 N–H and O–H groups in total. The molecule has 0 spiro atoms. The summed E-state index contributed by atoms with van der Waals surface area (Å²) in [5.74, 6) is 0.872. The molecule has 1 saturated carbocycles. The standard InChI is InChI=1S/C16H32N4O2.HI/c1-3-17-16(19-12-13-22-4-2)18-11-10-15(21)20-14-8-6-5-7-9-14;/h14H,3-13H2,1-2H3,(H,20,21)(H2,17,18,19);1H. The van der Waals surface area contributed by atoms with Crippen molar-refractivity contribution >= 4 is 35.8 Å². The van der Waals surface area contributed by atoms with Gasteiger partial charge >= 0.3 is 0 Å². The van der Waals surface area contributed by atoms with Gasteiger partial charge in [-0.25, -0.2) is 0 Å². The summed E-state index contributed by atoms with van der Waals surface area (Å²) in [5.41, 5.74) is 0. The molecule has 0 saturated heterocycles. The van der Waals surface area contributed by atoms with E-state index in [1.54, 1.807) is 0 Å². The van der Waals surface area contributed by atoms with Gasteiger partial charge in [0.2, 0.25) is 5.91 Å². The van der Waals surface area contributed by atoms with E-state index in [9.17, 15) is 4.79 Å². The van der Waals surface area contributed by atoms with E-state index >= 15 is 0 Å². The summed E-state index contributed by atoms with van der Waals surface area (Å²) >= 11 is 0. The van der Waals surface area contributed by atoms with Crippen LogP contribution in [-0.4, -0.2) is 50.8 Å². The maximum absolute atomic E-state index is 11.9. The third-order valence-corrected chi connectivity index (χ3v) is 3.67. The number of hydrogen-bond acceptors (Lipinski definition) is 3. The van der Waals surface area contributed by atoms with E-state index in [0.717, 1.165) is 25.3 Å². The van der Waals surface area contributed by atoms with Crippen molar-refractivity contribution in [1.82, 2.24) is 16.0 Å². The second kappa shape index (κ2) is 15.0. The summed E-state index contributed by atoms with van der Waals surface area (Å²) in [6.07, 6.45) is 6.51. The number of halogens is 1. The van der Waals surface area contributed by atoms with Gasteiger partial charge in [0.25, 0.3) is 0 Å². The van der Waals surface area contributed by atoms with Gasteiger partial charge < -0.3 is 20.7 Å². The quantitative estimate of drug-likeness (QED) is 0.222. The van der Waals surface area contributed by atoms with E-state index in [1.165, 1.54) is 19.3 Å². The molecule has 0 aromatic heterocycles. The molecule has 7 heteroatoms. The number of nitrogens with zero attached hydrogens (tertiary/aromatic N) is 1. The van der Waals surface area contributed by atoms with Gasteiger partial charge in [0.15, 0.2) is 5.96 Å². The first-order valence-electron chi connectivity index (χ1n) is 8.65. The third-order valence-electron chi connectivity index (χ3n) is 3.67. The molecule has 0 aromatic carbocycles. The Kier molecular flexibility index (Phi) is 14.6. The lowest BCUT2D eigenvalue weighted by Gasteiger charge is -2.22. The molecule has 0 unspecified atom stereocenters. The molecule has 0 heterocycles. The highest BCUT2D eigenvalue weighted by Gasteiger charge is 2.15. The van der Waals surface area contributed by atoms with E-state index in [2.05, 4.69) is 20.9 Å². The maximum atomic E-state index is 11.9. The highest BCUT2D eigenvalue weighted by Crippen LogP contribution is 2.17. The smallest absolute Gasteiger partial charge is 0.221 e. The van der Waals surface area contributed by atoms with Crippen LogP contribution in [0.1, 0.15) is 52.4 Å². The largest absolute Gasteiger partial charge is 0.380 e. The van der Waals surface area contributed by atoms with Crippen LogP contribution < -0.4 is 16.0 Å². The third kappa shape index (κ3) is 11.6. The predicted octanol–water partition coefficient (Wildman–Crippen LogP) is 2.03. The Labute approximate surface area is 157 Å². The molecule has 1 rings (SSSR count). The lowest BCUT2D eigenvalue weighted by atomic mass is 9.95. The van der Waals surface area contributed by atoms with Gasteiger partial charge in [0.1, 0.15) is 0 Å². The number of guanidine groups is 1. The average Bonchev–Trinajstić information content (AvgIpc) is 2.52. The van der Waals surface area contributed by atoms with Crippen molar-refractivity contribution in [3.05, 3.63) is 0 Å². The van der Waals surface area contributed by atoms with Crippen molar-refractivity contribution in [2.45, 2.75) is 58.4 Å². The lowest BCUT2D eigenvalue weighted by molar-refractivity contribution is -0.121. The number of aliphatic imine (C=N–C) groups is 1. The molecule has 0 bridgehead atoms. The number of hydrogen-bond donors (Lipinski definition) is 3. The summed E-state index contributed by atoms with van der Waals surface area (Å²) in [6, 6.07) is 0.384. The Morgan fingerprint density at radius 2 is 1.91 bits per heavy atom. The number of amides is 1. The van der Waals surface area contributed by atoms with E-state index in [4.69, 9.17) is 4.74 Å². The zero-order valence-corrected chi connectivity index (χ0v) is 16.9. The van der Waals surface area contributed by atoms with E-state index in [1.807, 2.05) is 13.8 Å². The van der Waals surface area contributed by atoms with Crippen LogP contribution >= 0.6 is 24.0 Å². The number of carbonyl (C=O) groups is 1. The van der Waals surface area contributed by atoms with Crippen molar-refractivity contribution < 1.29 is 9.53 Å². The van der Waals surface area contributed by atoms with Crippen LogP contribution in [0.3, 0.4) is 0 Å². The summed E-state index contributed by atoms with van der Waals surface area (Å²) < 4.78 is 5.26. The minimum Gasteiger partial charge on any atom is -0.380 e. The second-order valence-corrected chi connectivity index (χ2v) is 5.54. The van der Waals surface area contributed by atoms with Crippen LogP contribution in [0.4, 0.5) is 0 Å². The van der Waals surface area contributed by atoms with Gasteiger partial charge in [-0.1, -0.05) is 19.3 Å². The topological polar surface area (TPSA) is 74.8 Å². The Hall–Kier alpha value is -0.570. The van der Waals surface area contributed by atoms with Crippen molar-refractivity contribution in [2.75, 3.05) is 32.8 Å². The summed E-state index contributed by atoms with van der Waals surface area (Å²) in [5, 5.41) is 9.48. The van der Waals surface area contributed by atoms with Crippen molar-refractivity contribution in [3.8, 4) is 0 Å². The van der Waals surface area contributed by atoms with Gasteiger partial charge in [-0.3, -0.25) is 9.79 Å². The molecule has 1 aliphatic rings. The molecule has 6 nitrogen and oxygen atoms in total. The van der Waals surface area contributed by atoms with Crippen molar-refractivity contribution in [2.24, 2.45) is 4.99 Å². The van der Waals surface area contributed by atoms with E-state index in [-0.39, 0.29) is 29.9 Å². The molecule has 1 fully saturated rings. The molecule has 0 atom stereocenters. The van der Waals surface area contributed by atoms with Crippen LogP contribution in [0.15, 0.2) is 4.99 Å². The minimum atomic E-state index is 0. The molecule has 1 amide bonds. The molecular formula is C16H33IN4O2. The van der Waals surface area contributed by atoms with Crippen LogP contribution in [-0.2, 0) is 9.53 Å². The average molecular weight is 440 g/mol. The van der Waals surface area contributed by atoms with Crippen molar-refractivity contribution in [3.63, 3.8) is 0 Å². The van der Waals surface area contributed by atoms with Gasteiger partial charge in [-0.15, -0.1) is 24.0 Å². The summed E-state index contributed by atoms with van der Waals surface area (Å²) in [7, 11) is 0. The Morgan fingerprint density at radius 3 is 2.57 bits per heavy atom. The fourth-order valence-corrected chi connectivity index (χ4v) is 2.55. The van der Waals surface area contributed by atoms with Gasteiger partial charge in [-0.2, -0.15) is 0 Å². The van der Waals surface area contributed by atoms with Gasteiger partial charge in [0.05, 0.1) is 13.2 Å². The first-order chi connectivity index (χ1) is 10.8. The zero-order chi connectivity index (χ0) is 16.0. The molecule has 0 aromatic rings. The number of nitrogens with one attached hydrogen (secondary N) is 3. The highest BCUT2D eigenvalue weighted by atomic mass is 127. The maximum Gasteiger partial charge on any atom is 0.221 e. The summed E-state index contributed by atoms with van der Waals surface area (Å²) in [6.45, 7) is 7.34. The number of ether oxygens (including phenoxy) is 1. The SMILES string of the molecule is CCNC(=NCCOCC)NCCC(=O)NC1CCCCC1.I. The van der Waals surface area contributed by atoms with Crippen molar-refractivity contribution in [1.29, 1.82) is 0 Å². The minimum absolute atomic E-state index is 0. The Morgan fingerprint density at radius 1 is 1.17 bits per heavy atom. The highest BCUT2D eigenvalue weighted by molar-refractivity contribution is 14.0. The molecule has 0 radical (unpaired) electrons. The van der Waals surface area contributed by atoms with Gasteiger partial charge in [-0.05, 0) is 26.7 Å². The number of rotatable bonds is 9. The van der Waals surface area contributed by atoms with Crippen LogP contribution in [0, 0.1) is 0 Å². The van der Waals surface area contributed by atoms with Crippen LogP contribution in [0.25, 0.3) is 0 Å².